The van der Waals surface area contributed by atoms with Gasteiger partial charge in [0, 0.05) is 12.7 Å². The topological polar surface area (TPSA) is 142 Å². The summed E-state index contributed by atoms with van der Waals surface area (Å²) in [7, 11) is 0. The molecule has 0 atom stereocenters. The molecule has 2 aromatic carbocycles. The van der Waals surface area contributed by atoms with Crippen molar-refractivity contribution in [3.63, 3.8) is 0 Å². The van der Waals surface area contributed by atoms with Crippen LogP contribution < -0.4 is 45.5 Å². The fourth-order valence-electron chi connectivity index (χ4n) is 3.18. The number of nitrogens with zero attached hydrogens (tertiary/aromatic N) is 3. The van der Waals surface area contributed by atoms with Crippen LogP contribution in [0.4, 0.5) is 4.79 Å². The van der Waals surface area contributed by atoms with Crippen LogP contribution in [0.1, 0.15) is 27.3 Å². The SMILES string of the molecule is Cc1cc2[nH]c(=O)c(C(=O)[O-])nc2cc1-n1cnc(COC(=O)NCc2ccccc2)c1.[Na+]. The quantitative estimate of drug-likeness (QED) is 0.327. The summed E-state index contributed by atoms with van der Waals surface area (Å²) in [6.45, 7) is 2.15. The molecule has 2 heterocycles. The minimum absolute atomic E-state index is 0. The number of imidazole rings is 1. The van der Waals surface area contributed by atoms with Gasteiger partial charge in [-0.3, -0.25) is 4.79 Å². The number of fused-ring (bicyclic) bond motifs is 1. The van der Waals surface area contributed by atoms with Crippen LogP contribution in [0.3, 0.4) is 0 Å². The Bertz CT molecular complexity index is 1370. The van der Waals surface area contributed by atoms with Gasteiger partial charge in [-0.1, -0.05) is 30.3 Å². The zero-order valence-corrected chi connectivity index (χ0v) is 20.0. The van der Waals surface area contributed by atoms with E-state index in [1.54, 1.807) is 29.2 Å². The number of carbonyl (C=O) groups excluding carboxylic acids is 2. The number of rotatable bonds is 6. The number of aryl methyl sites for hydroxylation is 1. The number of carboxylic acids is 1. The van der Waals surface area contributed by atoms with Crippen molar-refractivity contribution in [3.05, 3.63) is 87.9 Å². The van der Waals surface area contributed by atoms with E-state index in [9.17, 15) is 19.5 Å². The number of amides is 1. The molecule has 2 aromatic heterocycles. The molecule has 0 bridgehead atoms. The predicted octanol–water partition coefficient (Wildman–Crippen LogP) is -1.79. The van der Waals surface area contributed by atoms with Crippen LogP contribution >= 0.6 is 0 Å². The van der Waals surface area contributed by atoms with E-state index in [2.05, 4.69) is 20.3 Å². The van der Waals surface area contributed by atoms with E-state index in [1.165, 1.54) is 0 Å². The maximum atomic E-state index is 11.9. The van der Waals surface area contributed by atoms with Gasteiger partial charge in [0.1, 0.15) is 6.61 Å². The number of aromatic nitrogens is 4. The third-order valence-corrected chi connectivity index (χ3v) is 4.75. The van der Waals surface area contributed by atoms with E-state index in [0.717, 1.165) is 11.1 Å². The average Bonchev–Trinajstić information content (AvgIpc) is 3.25. The average molecular weight is 455 g/mol. The molecular weight excluding hydrogens is 437 g/mol. The predicted molar refractivity (Wildman–Crippen MR) is 112 cm³/mol. The van der Waals surface area contributed by atoms with Gasteiger partial charge in [-0.05, 0) is 30.2 Å². The number of ether oxygens (including phenoxy) is 1. The number of hydrogen-bond donors (Lipinski definition) is 2. The molecule has 0 saturated carbocycles. The van der Waals surface area contributed by atoms with Crippen LogP contribution in [0, 0.1) is 6.92 Å². The monoisotopic (exact) mass is 455 g/mol. The first kappa shape index (κ1) is 24.2. The van der Waals surface area contributed by atoms with Gasteiger partial charge < -0.3 is 29.5 Å². The summed E-state index contributed by atoms with van der Waals surface area (Å²) in [5.74, 6) is -1.65. The molecule has 0 aliphatic carbocycles. The van der Waals surface area contributed by atoms with E-state index >= 15 is 0 Å². The molecule has 0 fully saturated rings. The fraction of sp³-hybridized carbons (Fsp3) is 0.136. The molecule has 4 aromatic rings. The summed E-state index contributed by atoms with van der Waals surface area (Å²) in [6, 6.07) is 12.8. The molecule has 0 aliphatic heterocycles. The normalized spacial score (nSPS) is 10.5. The number of H-pyrrole nitrogens is 1. The number of nitrogens with one attached hydrogen (secondary N) is 2. The zero-order chi connectivity index (χ0) is 22.7. The first-order chi connectivity index (χ1) is 15.4. The third-order valence-electron chi connectivity index (χ3n) is 4.75. The van der Waals surface area contributed by atoms with Gasteiger partial charge in [0.2, 0.25) is 0 Å². The Morgan fingerprint density at radius 2 is 1.97 bits per heavy atom. The van der Waals surface area contributed by atoms with E-state index in [1.807, 2.05) is 37.3 Å². The van der Waals surface area contributed by atoms with Crippen LogP contribution in [-0.2, 0) is 17.9 Å². The zero-order valence-electron chi connectivity index (χ0n) is 18.0. The van der Waals surface area contributed by atoms with Gasteiger partial charge >= 0.3 is 35.7 Å². The van der Waals surface area contributed by atoms with Crippen molar-refractivity contribution in [2.45, 2.75) is 20.1 Å². The summed E-state index contributed by atoms with van der Waals surface area (Å²) in [6.07, 6.45) is 2.66. The van der Waals surface area contributed by atoms with E-state index in [4.69, 9.17) is 4.74 Å². The molecule has 1 amide bonds. The van der Waals surface area contributed by atoms with Crippen LogP contribution in [0.5, 0.6) is 0 Å². The number of benzene rings is 2. The van der Waals surface area contributed by atoms with Crippen LogP contribution in [0.25, 0.3) is 16.7 Å². The smallest absolute Gasteiger partial charge is 0.543 e. The molecule has 0 radical (unpaired) electrons. The van der Waals surface area contributed by atoms with Crippen LogP contribution in [0.15, 0.2) is 59.8 Å². The third kappa shape index (κ3) is 5.67. The number of aromatic carboxylic acids is 1. The molecule has 4 rings (SSSR count). The molecule has 11 heteroatoms. The van der Waals surface area contributed by atoms with Gasteiger partial charge in [-0.25, -0.2) is 14.8 Å². The van der Waals surface area contributed by atoms with Gasteiger partial charge in [0.25, 0.3) is 5.56 Å². The summed E-state index contributed by atoms with van der Waals surface area (Å²) in [4.78, 5) is 45.4. The molecule has 10 nitrogen and oxygen atoms in total. The Hall–Kier alpha value is -3.47. The van der Waals surface area contributed by atoms with Crippen molar-refractivity contribution in [2.24, 2.45) is 0 Å². The van der Waals surface area contributed by atoms with Gasteiger partial charge in [-0.2, -0.15) is 0 Å². The second kappa shape index (κ2) is 10.4. The van der Waals surface area contributed by atoms with Crippen molar-refractivity contribution in [1.29, 1.82) is 0 Å². The van der Waals surface area contributed by atoms with Gasteiger partial charge in [0.15, 0.2) is 5.69 Å². The Labute approximate surface area is 209 Å². The van der Waals surface area contributed by atoms with Crippen molar-refractivity contribution >= 4 is 23.1 Å². The minimum atomic E-state index is -1.65. The van der Waals surface area contributed by atoms with Crippen LogP contribution in [0.2, 0.25) is 0 Å². The van der Waals surface area contributed by atoms with Crippen molar-refractivity contribution in [2.75, 3.05) is 0 Å². The second-order valence-corrected chi connectivity index (χ2v) is 7.05. The molecule has 2 N–H and O–H groups in total. The van der Waals surface area contributed by atoms with Crippen LogP contribution in [-0.4, -0.2) is 31.6 Å². The van der Waals surface area contributed by atoms with E-state index in [0.29, 0.717) is 23.4 Å². The van der Waals surface area contributed by atoms with E-state index in [-0.39, 0.29) is 41.7 Å². The van der Waals surface area contributed by atoms with Crippen molar-refractivity contribution in [3.8, 4) is 5.69 Å². The number of carboxylic acid groups (broad SMARTS) is 1. The molecule has 0 spiro atoms. The first-order valence-electron chi connectivity index (χ1n) is 9.64. The Morgan fingerprint density at radius 1 is 1.21 bits per heavy atom. The maximum Gasteiger partial charge on any atom is 1.00 e. The molecule has 0 aliphatic rings. The van der Waals surface area contributed by atoms with Crippen molar-refractivity contribution < 1.29 is 49.0 Å². The second-order valence-electron chi connectivity index (χ2n) is 7.05. The van der Waals surface area contributed by atoms with Gasteiger partial charge in [-0.15, -0.1) is 0 Å². The number of carbonyl (C=O) groups is 2. The first-order valence-corrected chi connectivity index (χ1v) is 9.64. The number of hydrogen-bond acceptors (Lipinski definition) is 7. The molecular formula is C22H18N5NaO5. The fourth-order valence-corrected chi connectivity index (χ4v) is 3.18. The van der Waals surface area contributed by atoms with Crippen molar-refractivity contribution in [1.82, 2.24) is 24.8 Å². The Balaban J connectivity index is 0.00000306. The molecule has 0 saturated heterocycles. The maximum absolute atomic E-state index is 11.9. The molecule has 0 unspecified atom stereocenters. The summed E-state index contributed by atoms with van der Waals surface area (Å²) >= 11 is 0. The standard InChI is InChI=1S/C22H19N5O5.Na/c1-13-7-16-17(25-19(21(29)30)20(28)26-16)8-18(13)27-10-15(24-12-27)11-32-22(31)23-9-14-5-3-2-4-6-14;/h2-8,10,12H,9,11H2,1H3,(H,23,31)(H,26,28)(H,29,30);/q;+1/p-1. The number of alkyl carbamates (subject to hydrolysis) is 1. The molecule has 33 heavy (non-hydrogen) atoms. The summed E-state index contributed by atoms with van der Waals surface area (Å²) in [5.41, 5.74) is 2.12. The minimum Gasteiger partial charge on any atom is -0.543 e. The van der Waals surface area contributed by atoms with Gasteiger partial charge in [0.05, 0.1) is 34.7 Å². The summed E-state index contributed by atoms with van der Waals surface area (Å²) < 4.78 is 6.90. The molecule has 162 valence electrons. The number of aromatic amines is 1. The Kier molecular flexibility index (Phi) is 7.64. The van der Waals surface area contributed by atoms with E-state index < -0.39 is 23.3 Å². The summed E-state index contributed by atoms with van der Waals surface area (Å²) in [5, 5.41) is 13.8. The Morgan fingerprint density at radius 3 is 2.70 bits per heavy atom. The largest absolute Gasteiger partial charge is 1.00 e.